The maximum absolute atomic E-state index is 12.1. The van der Waals surface area contributed by atoms with Gasteiger partial charge in [0.05, 0.1) is 0 Å². The highest BCUT2D eigenvalue weighted by molar-refractivity contribution is 7.98. The van der Waals surface area contributed by atoms with E-state index in [9.17, 15) is 14.7 Å². The van der Waals surface area contributed by atoms with E-state index in [4.69, 9.17) is 10.4 Å². The number of hydrogen-bond donors (Lipinski definition) is 4. The zero-order valence-electron chi connectivity index (χ0n) is 13.4. The summed E-state index contributed by atoms with van der Waals surface area (Å²) in [5, 5.41) is 32.7. The van der Waals surface area contributed by atoms with Gasteiger partial charge in [-0.15, -0.1) is 0 Å². The Labute approximate surface area is 144 Å². The van der Waals surface area contributed by atoms with Crippen LogP contribution in [0.4, 0.5) is 5.69 Å². The summed E-state index contributed by atoms with van der Waals surface area (Å²) in [5.41, 5.74) is 0.853. The number of anilines is 1. The summed E-state index contributed by atoms with van der Waals surface area (Å²) < 4.78 is 0. The summed E-state index contributed by atoms with van der Waals surface area (Å²) in [6, 6.07) is 5.28. The van der Waals surface area contributed by atoms with Crippen molar-refractivity contribution >= 4 is 29.3 Å². The van der Waals surface area contributed by atoms with Crippen LogP contribution in [0.2, 0.25) is 0 Å². The number of aryl methyl sites for hydroxylation is 1. The third-order valence-corrected chi connectivity index (χ3v) is 3.80. The second-order valence-corrected chi connectivity index (χ2v) is 5.95. The van der Waals surface area contributed by atoms with Gasteiger partial charge in [0.15, 0.2) is 0 Å². The molecule has 0 aromatic heterocycles. The molecule has 128 valence electrons. The number of carbonyl (C=O) groups is 2. The van der Waals surface area contributed by atoms with Crippen LogP contribution in [0.15, 0.2) is 30.0 Å². The number of phenols is 1. The summed E-state index contributed by atoms with van der Waals surface area (Å²) in [7, 11) is 0. The van der Waals surface area contributed by atoms with Crippen molar-refractivity contribution in [1.82, 2.24) is 5.32 Å². The first-order chi connectivity index (χ1) is 11.4. The van der Waals surface area contributed by atoms with Gasteiger partial charge in [-0.3, -0.25) is 4.79 Å². The maximum Gasteiger partial charge on any atom is 0.326 e. The highest BCUT2D eigenvalue weighted by Crippen LogP contribution is 2.20. The molecule has 24 heavy (non-hydrogen) atoms. The normalized spacial score (nSPS) is 12.1. The molecule has 8 heteroatoms. The number of carbonyl (C=O) groups excluding carboxylic acids is 1. The molecule has 0 heterocycles. The Morgan fingerprint density at radius 1 is 1.46 bits per heavy atom. The van der Waals surface area contributed by atoms with Gasteiger partial charge in [0.2, 0.25) is 0 Å². The molecule has 7 nitrogen and oxygen atoms in total. The molecule has 0 aliphatic rings. The van der Waals surface area contributed by atoms with E-state index in [-0.39, 0.29) is 11.3 Å². The average Bonchev–Trinajstić information content (AvgIpc) is 2.53. The zero-order valence-corrected chi connectivity index (χ0v) is 14.2. The van der Waals surface area contributed by atoms with E-state index in [1.54, 1.807) is 13.0 Å². The average molecular weight is 349 g/mol. The first kappa shape index (κ1) is 19.4. The second-order valence-electron chi connectivity index (χ2n) is 4.96. The van der Waals surface area contributed by atoms with E-state index >= 15 is 0 Å². The Kier molecular flexibility index (Phi) is 7.65. The molecule has 1 unspecified atom stereocenters. The molecular formula is C16H19N3O4S. The number of amides is 1. The van der Waals surface area contributed by atoms with Crippen LogP contribution in [0.1, 0.15) is 12.0 Å². The number of nitrogens with zero attached hydrogens (tertiary/aromatic N) is 1. The van der Waals surface area contributed by atoms with Crippen molar-refractivity contribution in [2.45, 2.75) is 19.4 Å². The second kappa shape index (κ2) is 9.47. The van der Waals surface area contributed by atoms with Crippen LogP contribution in [0.5, 0.6) is 5.75 Å². The first-order valence-corrected chi connectivity index (χ1v) is 8.47. The van der Waals surface area contributed by atoms with E-state index < -0.39 is 17.9 Å². The summed E-state index contributed by atoms with van der Waals surface area (Å²) >= 11 is 1.51. The van der Waals surface area contributed by atoms with Gasteiger partial charge >= 0.3 is 5.97 Å². The number of thioether (sulfide) groups is 1. The van der Waals surface area contributed by atoms with Crippen molar-refractivity contribution in [3.05, 3.63) is 35.5 Å². The van der Waals surface area contributed by atoms with Crippen LogP contribution < -0.4 is 10.6 Å². The fraction of sp³-hybridized carbons (Fsp3) is 0.312. The lowest BCUT2D eigenvalue weighted by molar-refractivity contribution is -0.139. The molecular weight excluding hydrogens is 330 g/mol. The lowest BCUT2D eigenvalue weighted by atomic mass is 10.1. The van der Waals surface area contributed by atoms with Gasteiger partial charge in [0, 0.05) is 11.9 Å². The number of hydrogen-bond acceptors (Lipinski definition) is 6. The van der Waals surface area contributed by atoms with Crippen LogP contribution in [0.3, 0.4) is 0 Å². The van der Waals surface area contributed by atoms with Crippen molar-refractivity contribution in [2.75, 3.05) is 17.3 Å². The lowest BCUT2D eigenvalue weighted by Crippen LogP contribution is -2.34. The van der Waals surface area contributed by atoms with E-state index in [2.05, 4.69) is 10.6 Å². The van der Waals surface area contributed by atoms with Gasteiger partial charge in [0.25, 0.3) is 5.91 Å². The predicted molar refractivity (Wildman–Crippen MR) is 92.7 cm³/mol. The van der Waals surface area contributed by atoms with Crippen molar-refractivity contribution in [3.8, 4) is 11.8 Å². The van der Waals surface area contributed by atoms with Gasteiger partial charge in [-0.2, -0.15) is 17.0 Å². The van der Waals surface area contributed by atoms with Crippen LogP contribution in [-0.4, -0.2) is 40.1 Å². The number of nitrogens with one attached hydrogen (secondary N) is 2. The van der Waals surface area contributed by atoms with Crippen LogP contribution in [0.25, 0.3) is 0 Å². The van der Waals surface area contributed by atoms with E-state index in [1.807, 2.05) is 6.26 Å². The van der Waals surface area contributed by atoms with Crippen molar-refractivity contribution < 1.29 is 19.8 Å². The lowest BCUT2D eigenvalue weighted by Gasteiger charge is -2.12. The molecule has 1 amide bonds. The first-order valence-electron chi connectivity index (χ1n) is 7.08. The molecule has 1 atom stereocenters. The van der Waals surface area contributed by atoms with E-state index in [1.165, 1.54) is 30.0 Å². The van der Waals surface area contributed by atoms with Crippen LogP contribution in [0, 0.1) is 18.3 Å². The zero-order chi connectivity index (χ0) is 18.1. The SMILES string of the molecule is CSCCC(N/C=C(/C#N)C(=O)Nc1ccc(O)cc1C)C(=O)O. The number of phenolic OH excluding ortho intramolecular Hbond substituents is 1. The number of benzene rings is 1. The Hall–Kier alpha value is -2.66. The molecule has 4 N–H and O–H groups in total. The summed E-state index contributed by atoms with van der Waals surface area (Å²) in [6.45, 7) is 1.70. The Bertz CT molecular complexity index is 682. The highest BCUT2D eigenvalue weighted by atomic mass is 32.2. The maximum atomic E-state index is 12.1. The van der Waals surface area contributed by atoms with Gasteiger partial charge in [-0.25, -0.2) is 4.79 Å². The molecule has 0 aliphatic heterocycles. The monoisotopic (exact) mass is 349 g/mol. The topological polar surface area (TPSA) is 122 Å². The molecule has 1 rings (SSSR count). The molecule has 1 aromatic rings. The van der Waals surface area contributed by atoms with E-state index in [0.29, 0.717) is 23.4 Å². The molecule has 0 spiro atoms. The number of aromatic hydroxyl groups is 1. The molecule has 0 aliphatic carbocycles. The van der Waals surface area contributed by atoms with Crippen LogP contribution in [-0.2, 0) is 9.59 Å². The minimum Gasteiger partial charge on any atom is -0.508 e. The van der Waals surface area contributed by atoms with Gasteiger partial charge in [0.1, 0.15) is 23.4 Å². The third kappa shape index (κ3) is 5.85. The fourth-order valence-electron chi connectivity index (χ4n) is 1.82. The molecule has 0 bridgehead atoms. The third-order valence-electron chi connectivity index (χ3n) is 3.16. The van der Waals surface area contributed by atoms with Gasteiger partial charge in [-0.05, 0) is 49.1 Å². The Morgan fingerprint density at radius 2 is 2.17 bits per heavy atom. The Morgan fingerprint density at radius 3 is 2.71 bits per heavy atom. The summed E-state index contributed by atoms with van der Waals surface area (Å²) in [4.78, 5) is 23.3. The Balaban J connectivity index is 2.81. The van der Waals surface area contributed by atoms with Gasteiger partial charge in [-0.1, -0.05) is 0 Å². The molecule has 0 saturated heterocycles. The fourth-order valence-corrected chi connectivity index (χ4v) is 2.30. The van der Waals surface area contributed by atoms with Crippen molar-refractivity contribution in [3.63, 3.8) is 0 Å². The minimum atomic E-state index is -1.05. The number of nitriles is 1. The molecule has 0 saturated carbocycles. The minimum absolute atomic E-state index is 0.0707. The molecule has 1 aromatic carbocycles. The summed E-state index contributed by atoms with van der Waals surface area (Å²) in [6.07, 6.45) is 3.34. The molecule has 0 fully saturated rings. The number of carboxylic acids is 1. The standard InChI is InChI=1S/C16H19N3O4S/c1-10-7-12(20)3-4-13(10)19-15(21)11(8-17)9-18-14(16(22)23)5-6-24-2/h3-4,7,9,14,18,20H,5-6H2,1-2H3,(H,19,21)(H,22,23)/b11-9-. The van der Waals surface area contributed by atoms with Gasteiger partial charge < -0.3 is 20.8 Å². The van der Waals surface area contributed by atoms with Crippen molar-refractivity contribution in [2.24, 2.45) is 0 Å². The van der Waals surface area contributed by atoms with Crippen molar-refractivity contribution in [1.29, 1.82) is 5.26 Å². The van der Waals surface area contributed by atoms with Crippen LogP contribution >= 0.6 is 11.8 Å². The predicted octanol–water partition coefficient (Wildman–Crippen LogP) is 1.84. The molecule has 0 radical (unpaired) electrons. The van der Waals surface area contributed by atoms with E-state index in [0.717, 1.165) is 6.20 Å². The quantitative estimate of drug-likeness (QED) is 0.321. The number of aliphatic carboxylic acids is 1. The smallest absolute Gasteiger partial charge is 0.326 e. The largest absolute Gasteiger partial charge is 0.508 e. The number of carboxylic acid groups (broad SMARTS) is 1. The highest BCUT2D eigenvalue weighted by Gasteiger charge is 2.17. The summed E-state index contributed by atoms with van der Waals surface area (Å²) in [5.74, 6) is -1.00. The number of rotatable bonds is 8.